The Labute approximate surface area is 158 Å². The van der Waals surface area contributed by atoms with Gasteiger partial charge in [0.05, 0.1) is 11.3 Å². The molecule has 3 rings (SSSR count). The molecule has 0 fully saturated rings. The van der Waals surface area contributed by atoms with Crippen molar-refractivity contribution in [2.24, 2.45) is 0 Å². The molecule has 136 valence electrons. The summed E-state index contributed by atoms with van der Waals surface area (Å²) in [4.78, 5) is 24.0. The first-order valence-electron chi connectivity index (χ1n) is 8.73. The van der Waals surface area contributed by atoms with E-state index in [-0.39, 0.29) is 28.7 Å². The van der Waals surface area contributed by atoms with Gasteiger partial charge in [-0.15, -0.1) is 0 Å². The lowest BCUT2D eigenvalue weighted by Gasteiger charge is -2.10. The number of carbonyl (C=O) groups excluding carboxylic acids is 2. The summed E-state index contributed by atoms with van der Waals surface area (Å²) in [7, 11) is 0. The maximum atomic E-state index is 12.4. The number of carbonyl (C=O) groups is 2. The number of aryl methyl sites for hydroxylation is 1. The van der Waals surface area contributed by atoms with E-state index in [2.05, 4.69) is 36.5 Å². The van der Waals surface area contributed by atoms with Gasteiger partial charge in [-0.3, -0.25) is 9.59 Å². The molecule has 0 saturated heterocycles. The van der Waals surface area contributed by atoms with Crippen LogP contribution in [0.2, 0.25) is 0 Å². The third-order valence-electron chi connectivity index (χ3n) is 4.41. The second kappa shape index (κ2) is 7.87. The lowest BCUT2D eigenvalue weighted by atomic mass is 10.0. The quantitative estimate of drug-likeness (QED) is 0.510. The highest BCUT2D eigenvalue weighted by atomic mass is 16.3. The summed E-state index contributed by atoms with van der Waals surface area (Å²) >= 11 is 0. The number of para-hydroxylation sites is 1. The van der Waals surface area contributed by atoms with Crippen molar-refractivity contribution in [3.63, 3.8) is 0 Å². The Morgan fingerprint density at radius 3 is 2.07 bits per heavy atom. The van der Waals surface area contributed by atoms with Crippen molar-refractivity contribution in [1.29, 1.82) is 0 Å². The van der Waals surface area contributed by atoms with Crippen LogP contribution in [0.3, 0.4) is 0 Å². The molecule has 4 heteroatoms. The van der Waals surface area contributed by atoms with Gasteiger partial charge >= 0.3 is 0 Å². The number of amides is 1. The third kappa shape index (κ3) is 4.42. The molecule has 1 amide bonds. The minimum atomic E-state index is -0.340. The predicted octanol–water partition coefficient (Wildman–Crippen LogP) is 4.75. The molecule has 27 heavy (non-hydrogen) atoms. The lowest BCUT2D eigenvalue weighted by Crippen LogP contribution is -2.12. The van der Waals surface area contributed by atoms with Crippen molar-refractivity contribution >= 4 is 17.4 Å². The normalized spacial score (nSPS) is 10.4. The maximum absolute atomic E-state index is 12.4. The highest BCUT2D eigenvalue weighted by molar-refractivity contribution is 6.06. The fourth-order valence-corrected chi connectivity index (χ4v) is 2.84. The van der Waals surface area contributed by atoms with Gasteiger partial charge in [-0.25, -0.2) is 0 Å². The molecule has 0 saturated carbocycles. The number of hydrogen-bond donors (Lipinski definition) is 2. The molecule has 0 bridgehead atoms. The molecule has 0 spiro atoms. The van der Waals surface area contributed by atoms with E-state index in [4.69, 9.17) is 0 Å². The molecule has 2 N–H and O–H groups in total. The van der Waals surface area contributed by atoms with Crippen LogP contribution >= 0.6 is 0 Å². The van der Waals surface area contributed by atoms with Crippen molar-refractivity contribution in [2.75, 3.05) is 5.32 Å². The standard InChI is InChI=1S/C23H21NO3/c1-15-6-8-17(9-7-15)14-18-10-12-19(13-11-18)23(27)24-21-5-3-4-20(16(2)25)22(21)26/h3-13,26H,14H2,1-2H3,(H,24,27). The van der Waals surface area contributed by atoms with Crippen LogP contribution in [-0.2, 0) is 6.42 Å². The summed E-state index contributed by atoms with van der Waals surface area (Å²) in [6.07, 6.45) is 0.795. The minimum absolute atomic E-state index is 0.182. The number of Topliss-reactive ketones (excluding diaryl/α,β-unsaturated/α-hetero) is 1. The highest BCUT2D eigenvalue weighted by Crippen LogP contribution is 2.28. The first kappa shape index (κ1) is 18.4. The van der Waals surface area contributed by atoms with Gasteiger partial charge in [0.25, 0.3) is 5.91 Å². The molecule has 4 nitrogen and oxygen atoms in total. The van der Waals surface area contributed by atoms with Crippen LogP contribution < -0.4 is 5.32 Å². The van der Waals surface area contributed by atoms with Crippen molar-refractivity contribution in [1.82, 2.24) is 0 Å². The van der Waals surface area contributed by atoms with E-state index in [1.165, 1.54) is 24.1 Å². The number of anilines is 1. The molecule has 0 aliphatic heterocycles. The average molecular weight is 359 g/mol. The fourth-order valence-electron chi connectivity index (χ4n) is 2.84. The minimum Gasteiger partial charge on any atom is -0.505 e. The van der Waals surface area contributed by atoms with Gasteiger partial charge in [0.2, 0.25) is 0 Å². The molecule has 0 aromatic heterocycles. The molecule has 0 aliphatic rings. The summed E-state index contributed by atoms with van der Waals surface area (Å²) in [6.45, 7) is 3.43. The second-order valence-electron chi connectivity index (χ2n) is 6.57. The van der Waals surface area contributed by atoms with Gasteiger partial charge in [-0.1, -0.05) is 48.0 Å². The van der Waals surface area contributed by atoms with Crippen molar-refractivity contribution in [3.05, 3.63) is 94.5 Å². The molecule has 3 aromatic rings. The summed E-state index contributed by atoms with van der Waals surface area (Å²) in [5, 5.41) is 12.8. The van der Waals surface area contributed by atoms with E-state index in [9.17, 15) is 14.7 Å². The van der Waals surface area contributed by atoms with Crippen molar-refractivity contribution < 1.29 is 14.7 Å². The van der Waals surface area contributed by atoms with Crippen LogP contribution in [0.4, 0.5) is 5.69 Å². The number of phenolic OH excluding ortho intramolecular Hbond substituents is 1. The van der Waals surface area contributed by atoms with Gasteiger partial charge < -0.3 is 10.4 Å². The number of phenols is 1. The van der Waals surface area contributed by atoms with E-state index in [0.717, 1.165) is 12.0 Å². The van der Waals surface area contributed by atoms with Gasteiger partial charge in [0.1, 0.15) is 5.75 Å². The molecule has 0 unspecified atom stereocenters. The van der Waals surface area contributed by atoms with E-state index >= 15 is 0 Å². The Bertz CT molecular complexity index is 974. The zero-order chi connectivity index (χ0) is 19.4. The Balaban J connectivity index is 1.72. The number of rotatable bonds is 5. The third-order valence-corrected chi connectivity index (χ3v) is 4.41. The first-order chi connectivity index (χ1) is 12.9. The van der Waals surface area contributed by atoms with Crippen LogP contribution in [0.1, 0.15) is 44.3 Å². The smallest absolute Gasteiger partial charge is 0.255 e. The van der Waals surface area contributed by atoms with E-state index in [1.807, 2.05) is 12.1 Å². The fraction of sp³-hybridized carbons (Fsp3) is 0.130. The number of ketones is 1. The van der Waals surface area contributed by atoms with Gasteiger partial charge in [-0.05, 0) is 55.7 Å². The van der Waals surface area contributed by atoms with Gasteiger partial charge in [0.15, 0.2) is 5.78 Å². The molecule has 0 aliphatic carbocycles. The topological polar surface area (TPSA) is 66.4 Å². The molecular formula is C23H21NO3. The average Bonchev–Trinajstić information content (AvgIpc) is 2.65. The van der Waals surface area contributed by atoms with Crippen molar-refractivity contribution in [2.45, 2.75) is 20.3 Å². The monoisotopic (exact) mass is 359 g/mol. The van der Waals surface area contributed by atoms with E-state index in [0.29, 0.717) is 5.56 Å². The van der Waals surface area contributed by atoms with Gasteiger partial charge in [-0.2, -0.15) is 0 Å². The molecule has 3 aromatic carbocycles. The Morgan fingerprint density at radius 2 is 1.48 bits per heavy atom. The van der Waals surface area contributed by atoms with Crippen LogP contribution in [0.15, 0.2) is 66.7 Å². The number of benzene rings is 3. The van der Waals surface area contributed by atoms with Crippen LogP contribution in [0.5, 0.6) is 5.75 Å². The number of hydrogen-bond acceptors (Lipinski definition) is 3. The zero-order valence-electron chi connectivity index (χ0n) is 15.3. The Kier molecular flexibility index (Phi) is 5.36. The second-order valence-corrected chi connectivity index (χ2v) is 6.57. The van der Waals surface area contributed by atoms with E-state index in [1.54, 1.807) is 24.3 Å². The summed E-state index contributed by atoms with van der Waals surface area (Å²) in [5.74, 6) is -0.814. The lowest BCUT2D eigenvalue weighted by molar-refractivity contribution is 0.100. The number of nitrogens with one attached hydrogen (secondary N) is 1. The van der Waals surface area contributed by atoms with Crippen LogP contribution in [0.25, 0.3) is 0 Å². The number of aromatic hydroxyl groups is 1. The zero-order valence-corrected chi connectivity index (χ0v) is 15.3. The first-order valence-corrected chi connectivity index (χ1v) is 8.73. The summed E-state index contributed by atoms with van der Waals surface area (Å²) < 4.78 is 0. The van der Waals surface area contributed by atoms with E-state index < -0.39 is 0 Å². The SMILES string of the molecule is CC(=O)c1cccc(NC(=O)c2ccc(Cc3ccc(C)cc3)cc2)c1O. The Morgan fingerprint density at radius 1 is 0.889 bits per heavy atom. The van der Waals surface area contributed by atoms with Crippen LogP contribution in [0, 0.1) is 6.92 Å². The molecule has 0 heterocycles. The largest absolute Gasteiger partial charge is 0.505 e. The highest BCUT2D eigenvalue weighted by Gasteiger charge is 2.13. The maximum Gasteiger partial charge on any atom is 0.255 e. The predicted molar refractivity (Wildman–Crippen MR) is 106 cm³/mol. The van der Waals surface area contributed by atoms with Crippen LogP contribution in [-0.4, -0.2) is 16.8 Å². The Hall–Kier alpha value is -3.40. The summed E-state index contributed by atoms with van der Waals surface area (Å²) in [5.41, 5.74) is 4.43. The molecule has 0 radical (unpaired) electrons. The molecular weight excluding hydrogens is 338 g/mol. The van der Waals surface area contributed by atoms with Crippen molar-refractivity contribution in [3.8, 4) is 5.75 Å². The molecule has 0 atom stereocenters. The van der Waals surface area contributed by atoms with Gasteiger partial charge in [0, 0.05) is 5.56 Å². The summed E-state index contributed by atoms with van der Waals surface area (Å²) in [6, 6.07) is 20.4.